The van der Waals surface area contributed by atoms with E-state index in [0.29, 0.717) is 13.2 Å². The lowest BCUT2D eigenvalue weighted by atomic mass is 9.96. The summed E-state index contributed by atoms with van der Waals surface area (Å²) in [5.74, 6) is 5.36. The van der Waals surface area contributed by atoms with Gasteiger partial charge in [-0.1, -0.05) is 118 Å². The quantitative estimate of drug-likeness (QED) is 0.151. The van der Waals surface area contributed by atoms with E-state index >= 15 is 0 Å². The van der Waals surface area contributed by atoms with Crippen LogP contribution < -0.4 is 15.1 Å². The maximum Gasteiger partial charge on any atom is 0.304 e. The van der Waals surface area contributed by atoms with Gasteiger partial charge in [-0.25, -0.2) is 0 Å². The van der Waals surface area contributed by atoms with Gasteiger partial charge in [0.2, 0.25) is 0 Å². The molecular weight excluding hydrogens is 536 g/mol. The van der Waals surface area contributed by atoms with Gasteiger partial charge >= 0.3 is 5.97 Å². The number of hydrogen-bond donors (Lipinski definition) is 1. The van der Waals surface area contributed by atoms with Crippen LogP contribution in [0.5, 0.6) is 5.75 Å². The van der Waals surface area contributed by atoms with Crippen LogP contribution in [0.1, 0.15) is 62.3 Å². The van der Waals surface area contributed by atoms with Crippen molar-refractivity contribution in [3.05, 3.63) is 125 Å². The van der Waals surface area contributed by atoms with Gasteiger partial charge in [0.25, 0.3) is 8.32 Å². The predicted octanol–water partition coefficient (Wildman–Crippen LogP) is 7.23. The molecule has 4 aromatic carbocycles. The molecule has 0 aliphatic rings. The van der Waals surface area contributed by atoms with E-state index in [9.17, 15) is 9.90 Å². The van der Waals surface area contributed by atoms with Crippen LogP contribution in [0.3, 0.4) is 0 Å². The highest BCUT2D eigenvalue weighted by Gasteiger charge is 2.50. The fraction of sp³-hybridized carbons (Fsp3) is 0.270. The first kappa shape index (κ1) is 30.8. The Morgan fingerprint density at radius 2 is 1.45 bits per heavy atom. The van der Waals surface area contributed by atoms with E-state index in [-0.39, 0.29) is 17.4 Å². The van der Waals surface area contributed by atoms with Crippen LogP contribution in [0.4, 0.5) is 0 Å². The molecule has 0 fully saturated rings. The highest BCUT2D eigenvalue weighted by atomic mass is 28.4. The van der Waals surface area contributed by atoms with Crippen LogP contribution in [0.25, 0.3) is 0 Å². The zero-order chi connectivity index (χ0) is 30.2. The normalized spacial score (nSPS) is 12.2. The third-order valence-electron chi connectivity index (χ3n) is 7.65. The molecule has 0 saturated carbocycles. The number of hydrogen-bond acceptors (Lipinski definition) is 3. The zero-order valence-electron chi connectivity index (χ0n) is 25.2. The predicted molar refractivity (Wildman–Crippen MR) is 173 cm³/mol. The molecule has 0 aromatic heterocycles. The topological polar surface area (TPSA) is 55.8 Å². The Kier molecular flexibility index (Phi) is 10.1. The van der Waals surface area contributed by atoms with Crippen LogP contribution in [-0.2, 0) is 22.4 Å². The average Bonchev–Trinajstić information content (AvgIpc) is 2.97. The fourth-order valence-corrected chi connectivity index (χ4v) is 10.0. The van der Waals surface area contributed by atoms with Gasteiger partial charge in [-0.15, -0.1) is 5.92 Å². The van der Waals surface area contributed by atoms with E-state index in [1.807, 2.05) is 24.3 Å². The number of carbonyl (C=O) groups is 1. The Hall–Kier alpha value is -4.11. The number of benzene rings is 4. The van der Waals surface area contributed by atoms with Gasteiger partial charge in [-0.3, -0.25) is 4.79 Å². The highest BCUT2D eigenvalue weighted by molar-refractivity contribution is 6.99. The summed E-state index contributed by atoms with van der Waals surface area (Å²) in [6.07, 6.45) is -0.0214. The Labute approximate surface area is 251 Å². The van der Waals surface area contributed by atoms with Gasteiger partial charge in [0.15, 0.2) is 0 Å². The first-order valence-corrected chi connectivity index (χ1v) is 16.2. The van der Waals surface area contributed by atoms with Gasteiger partial charge in [0, 0.05) is 0 Å². The number of aryl methyl sites for hydroxylation is 1. The van der Waals surface area contributed by atoms with Crippen molar-refractivity contribution in [2.45, 2.75) is 65.2 Å². The monoisotopic (exact) mass is 576 g/mol. The van der Waals surface area contributed by atoms with Crippen molar-refractivity contribution in [3.63, 3.8) is 0 Å². The van der Waals surface area contributed by atoms with Crippen LogP contribution in [0.15, 0.2) is 103 Å². The second kappa shape index (κ2) is 13.7. The number of rotatable bonds is 11. The summed E-state index contributed by atoms with van der Waals surface area (Å²) in [6, 6.07) is 35.4. The van der Waals surface area contributed by atoms with Crippen molar-refractivity contribution in [2.75, 3.05) is 0 Å². The molecule has 0 unspecified atom stereocenters. The Balaban J connectivity index is 1.49. The van der Waals surface area contributed by atoms with Crippen molar-refractivity contribution in [2.24, 2.45) is 0 Å². The molecule has 1 atom stereocenters. The standard InChI is InChI=1S/C37H40O4Si/c1-6-13-31(25-36(38)39)30-20-22-33(23-21-30)40-26-29-18-19-32(28(2)24-29)27-41-42(37(3,4)5,34-14-9-7-10-15-34)35-16-11-8-12-17-35/h7-12,14-24,31H,25-27H2,1-5H3,(H,38,39)/t31-/m0/s1. The van der Waals surface area contributed by atoms with E-state index in [1.54, 1.807) is 6.92 Å². The van der Waals surface area contributed by atoms with Crippen LogP contribution in [0, 0.1) is 18.8 Å². The molecule has 0 aliphatic heterocycles. The first-order chi connectivity index (χ1) is 20.1. The summed E-state index contributed by atoms with van der Waals surface area (Å²) in [6.45, 7) is 11.7. The molecular formula is C37H40O4Si. The van der Waals surface area contributed by atoms with E-state index < -0.39 is 14.3 Å². The summed E-state index contributed by atoms with van der Waals surface area (Å²) in [4.78, 5) is 11.2. The smallest absolute Gasteiger partial charge is 0.304 e. The minimum atomic E-state index is -2.62. The number of ether oxygens (including phenoxy) is 1. The molecule has 216 valence electrons. The van der Waals surface area contributed by atoms with Crippen molar-refractivity contribution in [1.82, 2.24) is 0 Å². The molecule has 0 aliphatic carbocycles. The SMILES string of the molecule is CC#C[C@@H](CC(=O)O)c1ccc(OCc2ccc(CO[Si](c3ccccc3)(c3ccccc3)C(C)(C)C)c(C)c2)cc1. The fourth-order valence-electron chi connectivity index (χ4n) is 5.52. The molecule has 0 amide bonds. The van der Waals surface area contributed by atoms with Crippen molar-refractivity contribution in [3.8, 4) is 17.6 Å². The molecule has 4 aromatic rings. The van der Waals surface area contributed by atoms with Crippen LogP contribution >= 0.6 is 0 Å². The molecule has 4 rings (SSSR count). The maximum absolute atomic E-state index is 11.2. The van der Waals surface area contributed by atoms with Crippen molar-refractivity contribution in [1.29, 1.82) is 0 Å². The summed E-state index contributed by atoms with van der Waals surface area (Å²) >= 11 is 0. The van der Waals surface area contributed by atoms with E-state index in [0.717, 1.165) is 22.4 Å². The molecule has 0 saturated heterocycles. The van der Waals surface area contributed by atoms with Crippen LogP contribution in [0.2, 0.25) is 5.04 Å². The summed E-state index contributed by atoms with van der Waals surface area (Å²) in [5, 5.41) is 11.7. The Morgan fingerprint density at radius 3 is 1.95 bits per heavy atom. The molecule has 5 heteroatoms. The molecule has 0 heterocycles. The minimum absolute atomic E-state index is 0.0214. The summed E-state index contributed by atoms with van der Waals surface area (Å²) < 4.78 is 13.2. The molecule has 0 radical (unpaired) electrons. The minimum Gasteiger partial charge on any atom is -0.489 e. The van der Waals surface area contributed by atoms with E-state index in [4.69, 9.17) is 9.16 Å². The lowest BCUT2D eigenvalue weighted by Crippen LogP contribution is -2.66. The van der Waals surface area contributed by atoms with Crippen molar-refractivity contribution >= 4 is 24.7 Å². The maximum atomic E-state index is 11.2. The third kappa shape index (κ3) is 7.20. The zero-order valence-corrected chi connectivity index (χ0v) is 26.2. The molecule has 42 heavy (non-hydrogen) atoms. The number of aliphatic carboxylic acids is 1. The molecule has 0 bridgehead atoms. The lowest BCUT2D eigenvalue weighted by Gasteiger charge is -2.43. The van der Waals surface area contributed by atoms with E-state index in [1.165, 1.54) is 15.9 Å². The highest BCUT2D eigenvalue weighted by Crippen LogP contribution is 2.37. The number of carboxylic acid groups (broad SMARTS) is 1. The average molecular weight is 577 g/mol. The molecule has 4 nitrogen and oxygen atoms in total. The Morgan fingerprint density at radius 1 is 0.857 bits per heavy atom. The lowest BCUT2D eigenvalue weighted by molar-refractivity contribution is -0.137. The second-order valence-electron chi connectivity index (χ2n) is 11.6. The van der Waals surface area contributed by atoms with Gasteiger partial charge in [-0.05, 0) is 63.6 Å². The van der Waals surface area contributed by atoms with Gasteiger partial charge < -0.3 is 14.3 Å². The first-order valence-electron chi connectivity index (χ1n) is 14.3. The third-order valence-corrected chi connectivity index (χ3v) is 12.6. The largest absolute Gasteiger partial charge is 0.489 e. The molecule has 0 spiro atoms. The Bertz CT molecular complexity index is 1490. The van der Waals surface area contributed by atoms with Crippen molar-refractivity contribution < 1.29 is 19.1 Å². The van der Waals surface area contributed by atoms with E-state index in [2.05, 4.69) is 118 Å². The number of carboxylic acids is 1. The second-order valence-corrected chi connectivity index (χ2v) is 15.9. The van der Waals surface area contributed by atoms with Gasteiger partial charge in [-0.2, -0.15) is 0 Å². The van der Waals surface area contributed by atoms with Gasteiger partial charge in [0.1, 0.15) is 12.4 Å². The summed E-state index contributed by atoms with van der Waals surface area (Å²) in [7, 11) is -2.62. The van der Waals surface area contributed by atoms with Crippen LogP contribution in [-0.4, -0.2) is 19.4 Å². The summed E-state index contributed by atoms with van der Waals surface area (Å²) in [5.41, 5.74) is 4.28. The molecule has 1 N–H and O–H groups in total. The van der Waals surface area contributed by atoms with Gasteiger partial charge in [0.05, 0.1) is 18.9 Å².